The fourth-order valence-electron chi connectivity index (χ4n) is 3.22. The molecule has 1 atom stereocenters. The number of benzene rings is 1. The Balaban J connectivity index is 1.79. The molecular weight excluding hydrogens is 306 g/mol. The van der Waals surface area contributed by atoms with E-state index in [0.29, 0.717) is 18.7 Å². The van der Waals surface area contributed by atoms with Crippen LogP contribution >= 0.6 is 0 Å². The molecule has 6 nitrogen and oxygen atoms in total. The van der Waals surface area contributed by atoms with E-state index in [1.54, 1.807) is 21.8 Å². The average molecular weight is 327 g/mol. The van der Waals surface area contributed by atoms with E-state index in [2.05, 4.69) is 5.10 Å². The van der Waals surface area contributed by atoms with Crippen LogP contribution in [-0.4, -0.2) is 44.8 Å². The zero-order valence-corrected chi connectivity index (χ0v) is 13.8. The van der Waals surface area contributed by atoms with Gasteiger partial charge in [0, 0.05) is 19.3 Å². The van der Waals surface area contributed by atoms with Gasteiger partial charge in [0.2, 0.25) is 0 Å². The van der Waals surface area contributed by atoms with E-state index in [-0.39, 0.29) is 18.4 Å². The van der Waals surface area contributed by atoms with Gasteiger partial charge in [-0.15, -0.1) is 0 Å². The molecule has 1 saturated heterocycles. The van der Waals surface area contributed by atoms with Crippen LogP contribution in [0.3, 0.4) is 0 Å². The van der Waals surface area contributed by atoms with Gasteiger partial charge in [-0.1, -0.05) is 32.0 Å². The maximum atomic E-state index is 12.7. The lowest BCUT2D eigenvalue weighted by Gasteiger charge is -2.28. The Hall–Kier alpha value is -2.63. The van der Waals surface area contributed by atoms with Crippen LogP contribution in [0.1, 0.15) is 30.8 Å². The van der Waals surface area contributed by atoms with Crippen molar-refractivity contribution in [3.63, 3.8) is 0 Å². The first-order valence-corrected chi connectivity index (χ1v) is 8.08. The monoisotopic (exact) mass is 327 g/mol. The van der Waals surface area contributed by atoms with E-state index in [9.17, 15) is 14.7 Å². The number of hydrogen-bond acceptors (Lipinski definition) is 3. The third kappa shape index (κ3) is 2.68. The minimum absolute atomic E-state index is 0.0327. The molecule has 6 heteroatoms. The zero-order valence-electron chi connectivity index (χ0n) is 13.8. The Morgan fingerprint density at radius 2 is 1.92 bits per heavy atom. The predicted octanol–water partition coefficient (Wildman–Crippen LogP) is 2.45. The number of carbonyl (C=O) groups excluding carboxylic acids is 1. The van der Waals surface area contributed by atoms with E-state index in [1.807, 2.05) is 44.2 Å². The van der Waals surface area contributed by atoms with Crippen molar-refractivity contribution in [3.8, 4) is 5.69 Å². The quantitative estimate of drug-likeness (QED) is 0.936. The predicted molar refractivity (Wildman–Crippen MR) is 89.0 cm³/mol. The molecule has 2 aromatic rings. The van der Waals surface area contributed by atoms with Gasteiger partial charge in [0.25, 0.3) is 5.91 Å². The Labute approximate surface area is 140 Å². The summed E-state index contributed by atoms with van der Waals surface area (Å²) in [6.45, 7) is 4.47. The fraction of sp³-hybridized carbons (Fsp3) is 0.389. The van der Waals surface area contributed by atoms with Crippen molar-refractivity contribution in [2.75, 3.05) is 13.1 Å². The van der Waals surface area contributed by atoms with Crippen LogP contribution in [0.15, 0.2) is 42.6 Å². The van der Waals surface area contributed by atoms with Crippen LogP contribution in [0.25, 0.3) is 5.69 Å². The number of likely N-dealkylation sites (tertiary alicyclic amines) is 1. The molecule has 1 amide bonds. The summed E-state index contributed by atoms with van der Waals surface area (Å²) in [6, 6.07) is 11.2. The van der Waals surface area contributed by atoms with Crippen molar-refractivity contribution < 1.29 is 14.7 Å². The number of carboxylic acids is 1. The highest BCUT2D eigenvalue weighted by Gasteiger charge is 2.48. The van der Waals surface area contributed by atoms with E-state index in [1.165, 1.54) is 0 Å². The van der Waals surface area contributed by atoms with Gasteiger partial charge in [0.05, 0.1) is 11.1 Å². The summed E-state index contributed by atoms with van der Waals surface area (Å²) in [5.74, 6) is -1.08. The third-order valence-corrected chi connectivity index (χ3v) is 4.95. The van der Waals surface area contributed by atoms with E-state index < -0.39 is 11.4 Å². The van der Waals surface area contributed by atoms with Gasteiger partial charge in [-0.2, -0.15) is 5.10 Å². The number of hydrogen-bond donors (Lipinski definition) is 1. The van der Waals surface area contributed by atoms with Crippen LogP contribution in [0.5, 0.6) is 0 Å². The second-order valence-electron chi connectivity index (χ2n) is 6.57. The van der Waals surface area contributed by atoms with Gasteiger partial charge in [-0.05, 0) is 30.5 Å². The third-order valence-electron chi connectivity index (χ3n) is 4.95. The molecule has 0 spiro atoms. The van der Waals surface area contributed by atoms with Crippen LogP contribution < -0.4 is 0 Å². The van der Waals surface area contributed by atoms with Crippen molar-refractivity contribution in [3.05, 3.63) is 48.3 Å². The number of carboxylic acid groups (broad SMARTS) is 1. The van der Waals surface area contributed by atoms with Crippen molar-refractivity contribution in [2.24, 2.45) is 11.3 Å². The van der Waals surface area contributed by atoms with E-state index in [4.69, 9.17) is 0 Å². The maximum Gasteiger partial charge on any atom is 0.311 e. The first-order chi connectivity index (χ1) is 11.4. The number of nitrogens with zero attached hydrogens (tertiary/aromatic N) is 3. The number of aliphatic carboxylic acids is 1. The Morgan fingerprint density at radius 1 is 1.21 bits per heavy atom. The van der Waals surface area contributed by atoms with Gasteiger partial charge in [0.1, 0.15) is 0 Å². The molecule has 1 aromatic carbocycles. The van der Waals surface area contributed by atoms with Gasteiger partial charge in [-0.3, -0.25) is 9.59 Å². The highest BCUT2D eigenvalue weighted by Crippen LogP contribution is 2.38. The summed E-state index contributed by atoms with van der Waals surface area (Å²) in [7, 11) is 0. The molecule has 24 heavy (non-hydrogen) atoms. The normalized spacial score (nSPS) is 20.5. The number of aromatic nitrogens is 2. The smallest absolute Gasteiger partial charge is 0.311 e. The van der Waals surface area contributed by atoms with Crippen molar-refractivity contribution in [2.45, 2.75) is 20.3 Å². The Kier molecular flexibility index (Phi) is 4.13. The summed E-state index contributed by atoms with van der Waals surface area (Å²) in [5, 5.41) is 13.9. The molecule has 126 valence electrons. The van der Waals surface area contributed by atoms with Crippen LogP contribution in [-0.2, 0) is 4.79 Å². The highest BCUT2D eigenvalue weighted by atomic mass is 16.4. The molecule has 2 heterocycles. The van der Waals surface area contributed by atoms with Crippen molar-refractivity contribution in [1.29, 1.82) is 0 Å². The Morgan fingerprint density at radius 3 is 2.50 bits per heavy atom. The molecule has 1 unspecified atom stereocenters. The maximum absolute atomic E-state index is 12.7. The molecule has 0 bridgehead atoms. The summed E-state index contributed by atoms with van der Waals surface area (Å²) < 4.78 is 1.65. The van der Waals surface area contributed by atoms with Crippen molar-refractivity contribution >= 4 is 11.9 Å². The molecule has 0 saturated carbocycles. The number of carbonyl (C=O) groups is 2. The summed E-state index contributed by atoms with van der Waals surface area (Å²) in [5.41, 5.74) is 0.348. The minimum Gasteiger partial charge on any atom is -0.481 e. The highest BCUT2D eigenvalue weighted by molar-refractivity contribution is 5.93. The summed E-state index contributed by atoms with van der Waals surface area (Å²) in [6.07, 6.45) is 2.22. The molecule has 0 radical (unpaired) electrons. The molecule has 1 fully saturated rings. The van der Waals surface area contributed by atoms with Gasteiger partial charge in [0.15, 0.2) is 5.69 Å². The SMILES string of the molecule is CC(C)C1(C(=O)O)CCN(C(=O)c2ccn(-c3ccccc3)n2)C1. The molecule has 0 aliphatic carbocycles. The molecule has 1 aliphatic heterocycles. The van der Waals surface area contributed by atoms with Crippen molar-refractivity contribution in [1.82, 2.24) is 14.7 Å². The molecular formula is C18H21N3O3. The molecule has 1 aliphatic rings. The minimum atomic E-state index is -0.863. The largest absolute Gasteiger partial charge is 0.481 e. The average Bonchev–Trinajstić information content (AvgIpc) is 3.23. The lowest BCUT2D eigenvalue weighted by atomic mass is 9.76. The van der Waals surface area contributed by atoms with Gasteiger partial charge < -0.3 is 10.0 Å². The van der Waals surface area contributed by atoms with Gasteiger partial charge in [-0.25, -0.2) is 4.68 Å². The number of rotatable bonds is 4. The second-order valence-corrected chi connectivity index (χ2v) is 6.57. The van der Waals surface area contributed by atoms with Crippen LogP contribution in [0.4, 0.5) is 0 Å². The fourth-order valence-corrected chi connectivity index (χ4v) is 3.22. The van der Waals surface area contributed by atoms with Gasteiger partial charge >= 0.3 is 5.97 Å². The van der Waals surface area contributed by atoms with Crippen LogP contribution in [0, 0.1) is 11.3 Å². The standard InChI is InChI=1S/C18H21N3O3/c1-13(2)18(17(23)24)9-11-20(12-18)16(22)15-8-10-21(19-15)14-6-4-3-5-7-14/h3-8,10,13H,9,11-12H2,1-2H3,(H,23,24). The Bertz CT molecular complexity index is 754. The van der Waals surface area contributed by atoms with Crippen LogP contribution in [0.2, 0.25) is 0 Å². The van der Waals surface area contributed by atoms with E-state index >= 15 is 0 Å². The molecule has 1 aromatic heterocycles. The van der Waals surface area contributed by atoms with E-state index in [0.717, 1.165) is 5.69 Å². The number of amides is 1. The lowest BCUT2D eigenvalue weighted by molar-refractivity contribution is -0.150. The topological polar surface area (TPSA) is 75.4 Å². The summed E-state index contributed by atoms with van der Waals surface area (Å²) in [4.78, 5) is 26.0. The second kappa shape index (κ2) is 6.11. The first kappa shape index (κ1) is 16.2. The number of para-hydroxylation sites is 1. The zero-order chi connectivity index (χ0) is 17.3. The summed E-state index contributed by atoms with van der Waals surface area (Å²) >= 11 is 0. The molecule has 1 N–H and O–H groups in total. The molecule has 3 rings (SSSR count). The lowest BCUT2D eigenvalue weighted by Crippen LogP contribution is -2.40. The first-order valence-electron chi connectivity index (χ1n) is 8.08.